The normalized spacial score (nSPS) is 12.6. The van der Waals surface area contributed by atoms with Crippen molar-refractivity contribution >= 4 is 27.5 Å². The van der Waals surface area contributed by atoms with Crippen LogP contribution in [-0.4, -0.2) is 55.6 Å². The molecule has 0 aromatic carbocycles. The van der Waals surface area contributed by atoms with Crippen LogP contribution < -0.4 is 5.73 Å². The molecule has 1 unspecified atom stereocenters. The molecule has 0 spiro atoms. The van der Waals surface area contributed by atoms with Gasteiger partial charge in [-0.3, -0.25) is 4.79 Å². The highest BCUT2D eigenvalue weighted by atomic mass is 33.1. The van der Waals surface area contributed by atoms with E-state index in [1.807, 2.05) is 6.92 Å². The maximum Gasteiger partial charge on any atom is 0.221 e. The highest BCUT2D eigenvalue weighted by Crippen LogP contribution is 2.23. The van der Waals surface area contributed by atoms with Gasteiger partial charge in [0.2, 0.25) is 5.91 Å². The summed E-state index contributed by atoms with van der Waals surface area (Å²) in [6.45, 7) is 3.94. The van der Waals surface area contributed by atoms with Crippen molar-refractivity contribution in [1.82, 2.24) is 0 Å². The predicted molar refractivity (Wildman–Crippen MR) is 72.0 cm³/mol. The van der Waals surface area contributed by atoms with Gasteiger partial charge in [-0.15, -0.1) is 0 Å². The maximum absolute atomic E-state index is 10.7. The summed E-state index contributed by atoms with van der Waals surface area (Å²) >= 11 is 0. The summed E-state index contributed by atoms with van der Waals surface area (Å²) in [5.74, 6) is 1.27. The van der Waals surface area contributed by atoms with E-state index in [-0.39, 0.29) is 18.4 Å². The zero-order valence-electron chi connectivity index (χ0n) is 10.1. The highest BCUT2D eigenvalue weighted by molar-refractivity contribution is 8.76. The SMILES string of the molecule is CC(CSSCCOCCOCCO)C(N)=O. The van der Waals surface area contributed by atoms with Gasteiger partial charge in [0.25, 0.3) is 0 Å². The number of aliphatic hydroxyl groups is 1. The molecule has 0 aliphatic carbocycles. The van der Waals surface area contributed by atoms with Gasteiger partial charge in [-0.2, -0.15) is 0 Å². The van der Waals surface area contributed by atoms with Crippen molar-refractivity contribution in [3.63, 3.8) is 0 Å². The molecular formula is C10H21NO4S2. The number of carbonyl (C=O) groups excluding carboxylic acids is 1. The van der Waals surface area contributed by atoms with E-state index in [0.717, 1.165) is 11.5 Å². The van der Waals surface area contributed by atoms with Crippen molar-refractivity contribution in [2.24, 2.45) is 11.7 Å². The Labute approximate surface area is 110 Å². The number of ether oxygens (including phenoxy) is 2. The first-order valence-corrected chi connectivity index (χ1v) is 7.97. The molecule has 0 bridgehead atoms. The van der Waals surface area contributed by atoms with Gasteiger partial charge in [-0.1, -0.05) is 28.5 Å². The molecule has 0 aromatic rings. The van der Waals surface area contributed by atoms with E-state index in [0.29, 0.717) is 26.4 Å². The predicted octanol–water partition coefficient (Wildman–Crippen LogP) is 0.515. The van der Waals surface area contributed by atoms with E-state index in [1.54, 1.807) is 21.6 Å². The second kappa shape index (κ2) is 12.5. The molecule has 0 radical (unpaired) electrons. The second-order valence-corrected chi connectivity index (χ2v) is 5.99. The van der Waals surface area contributed by atoms with Crippen molar-refractivity contribution in [1.29, 1.82) is 0 Å². The largest absolute Gasteiger partial charge is 0.394 e. The zero-order chi connectivity index (χ0) is 12.9. The quantitative estimate of drug-likeness (QED) is 0.401. The molecule has 17 heavy (non-hydrogen) atoms. The summed E-state index contributed by atoms with van der Waals surface area (Å²) in [6.07, 6.45) is 0. The maximum atomic E-state index is 10.7. The van der Waals surface area contributed by atoms with Crippen LogP contribution in [0.5, 0.6) is 0 Å². The summed E-state index contributed by atoms with van der Waals surface area (Å²) in [5.41, 5.74) is 5.14. The van der Waals surface area contributed by atoms with E-state index < -0.39 is 0 Å². The first-order chi connectivity index (χ1) is 8.18. The van der Waals surface area contributed by atoms with Crippen molar-refractivity contribution in [2.45, 2.75) is 6.92 Å². The van der Waals surface area contributed by atoms with E-state index >= 15 is 0 Å². The molecule has 0 aromatic heterocycles. The summed E-state index contributed by atoms with van der Waals surface area (Å²) in [4.78, 5) is 10.7. The molecule has 0 aliphatic rings. The number of hydrogen-bond acceptors (Lipinski definition) is 6. The van der Waals surface area contributed by atoms with Crippen LogP contribution in [0.1, 0.15) is 6.92 Å². The molecule has 7 heteroatoms. The van der Waals surface area contributed by atoms with Gasteiger partial charge in [0.1, 0.15) is 0 Å². The molecular weight excluding hydrogens is 262 g/mol. The number of aliphatic hydroxyl groups excluding tert-OH is 1. The lowest BCUT2D eigenvalue weighted by Gasteiger charge is -2.06. The van der Waals surface area contributed by atoms with Crippen LogP contribution in [0.25, 0.3) is 0 Å². The topological polar surface area (TPSA) is 81.8 Å². The van der Waals surface area contributed by atoms with Crippen molar-refractivity contribution in [2.75, 3.05) is 44.5 Å². The van der Waals surface area contributed by atoms with E-state index in [9.17, 15) is 4.79 Å². The van der Waals surface area contributed by atoms with Gasteiger partial charge in [0.05, 0.1) is 33.0 Å². The summed E-state index contributed by atoms with van der Waals surface area (Å²) in [5, 5.41) is 8.45. The molecule has 0 rings (SSSR count). The average Bonchev–Trinajstić information content (AvgIpc) is 2.31. The Balaban J connectivity index is 3.06. The lowest BCUT2D eigenvalue weighted by Crippen LogP contribution is -2.21. The van der Waals surface area contributed by atoms with Gasteiger partial charge in [-0.05, 0) is 0 Å². The number of hydrogen-bond donors (Lipinski definition) is 2. The smallest absolute Gasteiger partial charge is 0.221 e. The number of carbonyl (C=O) groups is 1. The van der Waals surface area contributed by atoms with Crippen LogP contribution in [-0.2, 0) is 14.3 Å². The minimum atomic E-state index is -0.254. The van der Waals surface area contributed by atoms with Crippen LogP contribution in [0.2, 0.25) is 0 Å². The standard InChI is InChI=1S/C10H21NO4S2/c1-9(10(11)13)8-17-16-7-6-15-5-4-14-3-2-12/h9,12H,2-8H2,1H3,(H2,11,13). The molecule has 0 saturated heterocycles. The van der Waals surface area contributed by atoms with Crippen LogP contribution >= 0.6 is 21.6 Å². The number of rotatable bonds is 12. The molecule has 102 valence electrons. The van der Waals surface area contributed by atoms with Gasteiger partial charge >= 0.3 is 0 Å². The van der Waals surface area contributed by atoms with Crippen LogP contribution in [0.15, 0.2) is 0 Å². The Kier molecular flexibility index (Phi) is 12.5. The Morgan fingerprint density at radius 1 is 1.24 bits per heavy atom. The third kappa shape index (κ3) is 12.3. The van der Waals surface area contributed by atoms with Crippen LogP contribution in [0.4, 0.5) is 0 Å². The summed E-state index contributed by atoms with van der Waals surface area (Å²) < 4.78 is 10.3. The fourth-order valence-corrected chi connectivity index (χ4v) is 3.00. The first kappa shape index (κ1) is 17.1. The summed E-state index contributed by atoms with van der Waals surface area (Å²) in [6, 6.07) is 0. The summed E-state index contributed by atoms with van der Waals surface area (Å²) in [7, 11) is 3.30. The Morgan fingerprint density at radius 3 is 2.47 bits per heavy atom. The molecule has 5 nitrogen and oxygen atoms in total. The van der Waals surface area contributed by atoms with Crippen LogP contribution in [0, 0.1) is 5.92 Å². The fourth-order valence-electron chi connectivity index (χ4n) is 0.771. The third-order valence-corrected chi connectivity index (χ3v) is 4.35. The van der Waals surface area contributed by atoms with Gasteiger partial charge in [-0.25, -0.2) is 0 Å². The van der Waals surface area contributed by atoms with E-state index in [2.05, 4.69) is 0 Å². The Morgan fingerprint density at radius 2 is 1.88 bits per heavy atom. The van der Waals surface area contributed by atoms with E-state index in [1.165, 1.54) is 0 Å². The number of primary amides is 1. The average molecular weight is 283 g/mol. The van der Waals surface area contributed by atoms with E-state index in [4.69, 9.17) is 20.3 Å². The Hall–Kier alpha value is 0.0500. The van der Waals surface area contributed by atoms with Gasteiger partial charge in [0.15, 0.2) is 0 Å². The van der Waals surface area contributed by atoms with Crippen molar-refractivity contribution in [3.8, 4) is 0 Å². The van der Waals surface area contributed by atoms with Crippen LogP contribution in [0.3, 0.4) is 0 Å². The van der Waals surface area contributed by atoms with Crippen molar-refractivity contribution in [3.05, 3.63) is 0 Å². The lowest BCUT2D eigenvalue weighted by molar-refractivity contribution is -0.120. The van der Waals surface area contributed by atoms with Gasteiger partial charge in [0, 0.05) is 17.4 Å². The molecule has 1 atom stereocenters. The highest BCUT2D eigenvalue weighted by Gasteiger charge is 2.07. The lowest BCUT2D eigenvalue weighted by atomic mass is 10.2. The molecule has 0 saturated carbocycles. The molecule has 3 N–H and O–H groups in total. The number of amides is 1. The Bertz CT molecular complexity index is 195. The molecule has 0 aliphatic heterocycles. The number of nitrogens with two attached hydrogens (primary N) is 1. The minimum absolute atomic E-state index is 0.0462. The van der Waals surface area contributed by atoms with Gasteiger partial charge < -0.3 is 20.3 Å². The third-order valence-electron chi connectivity index (χ3n) is 1.81. The first-order valence-electron chi connectivity index (χ1n) is 5.48. The monoisotopic (exact) mass is 283 g/mol. The molecule has 1 amide bonds. The van der Waals surface area contributed by atoms with Crippen molar-refractivity contribution < 1.29 is 19.4 Å². The fraction of sp³-hybridized carbons (Fsp3) is 0.900. The minimum Gasteiger partial charge on any atom is -0.394 e. The zero-order valence-corrected chi connectivity index (χ0v) is 11.7. The second-order valence-electron chi connectivity index (χ2n) is 3.36. The molecule has 0 fully saturated rings. The molecule has 0 heterocycles.